The summed E-state index contributed by atoms with van der Waals surface area (Å²) in [7, 11) is 4.90. The van der Waals surface area contributed by atoms with E-state index in [-0.39, 0.29) is 11.3 Å². The second kappa shape index (κ2) is 8.13. The molecular formula is C22H34N2O5. The van der Waals surface area contributed by atoms with E-state index in [9.17, 15) is 9.59 Å². The molecule has 7 nitrogen and oxygen atoms in total. The van der Waals surface area contributed by atoms with Crippen LogP contribution in [0.1, 0.15) is 47.1 Å². The van der Waals surface area contributed by atoms with E-state index in [4.69, 9.17) is 14.2 Å². The van der Waals surface area contributed by atoms with Gasteiger partial charge in [-0.2, -0.15) is 0 Å². The molecule has 0 N–H and O–H groups in total. The van der Waals surface area contributed by atoms with Crippen molar-refractivity contribution < 1.29 is 23.8 Å². The highest BCUT2D eigenvalue weighted by molar-refractivity contribution is 5.89. The van der Waals surface area contributed by atoms with Crippen molar-refractivity contribution >= 4 is 12.0 Å². The molecule has 29 heavy (non-hydrogen) atoms. The number of ether oxygens (including phenoxy) is 3. The summed E-state index contributed by atoms with van der Waals surface area (Å²) in [5, 5.41) is 0. The van der Waals surface area contributed by atoms with Crippen molar-refractivity contribution in [2.75, 3.05) is 21.3 Å². The molecular weight excluding hydrogens is 372 g/mol. The predicted molar refractivity (Wildman–Crippen MR) is 111 cm³/mol. The van der Waals surface area contributed by atoms with Gasteiger partial charge in [0.25, 0.3) is 0 Å². The first kappa shape index (κ1) is 22.8. The summed E-state index contributed by atoms with van der Waals surface area (Å²) < 4.78 is 16.3. The fourth-order valence-corrected chi connectivity index (χ4v) is 3.76. The lowest BCUT2D eigenvalue weighted by atomic mass is 9.91. The van der Waals surface area contributed by atoms with E-state index in [0.29, 0.717) is 17.9 Å². The molecule has 2 atom stereocenters. The van der Waals surface area contributed by atoms with E-state index >= 15 is 0 Å². The number of carbonyl (C=O) groups excluding carboxylic acids is 2. The van der Waals surface area contributed by atoms with Crippen LogP contribution >= 0.6 is 0 Å². The fraction of sp³-hybridized carbons (Fsp3) is 0.636. The van der Waals surface area contributed by atoms with Crippen LogP contribution in [0.25, 0.3) is 0 Å². The van der Waals surface area contributed by atoms with Crippen LogP contribution in [0.5, 0.6) is 11.5 Å². The van der Waals surface area contributed by atoms with Crippen LogP contribution in [-0.2, 0) is 16.0 Å². The van der Waals surface area contributed by atoms with Crippen molar-refractivity contribution in [2.45, 2.75) is 65.8 Å². The Balaban J connectivity index is 2.46. The van der Waals surface area contributed by atoms with Gasteiger partial charge in [0.1, 0.15) is 29.3 Å². The molecule has 1 aliphatic heterocycles. The van der Waals surface area contributed by atoms with Crippen molar-refractivity contribution in [3.05, 3.63) is 23.8 Å². The Hall–Kier alpha value is -2.44. The first-order chi connectivity index (χ1) is 13.3. The molecule has 1 saturated heterocycles. The molecule has 7 heteroatoms. The minimum atomic E-state index is -0.670. The van der Waals surface area contributed by atoms with Gasteiger partial charge in [0.15, 0.2) is 0 Å². The molecule has 0 radical (unpaired) electrons. The summed E-state index contributed by atoms with van der Waals surface area (Å²) in [5.74, 6) is 1.15. The molecule has 0 saturated carbocycles. The van der Waals surface area contributed by atoms with Gasteiger partial charge in [-0.05, 0) is 38.5 Å². The molecule has 2 amide bonds. The first-order valence-electron chi connectivity index (χ1n) is 9.78. The normalized spacial score (nSPS) is 20.1. The third-order valence-corrected chi connectivity index (χ3v) is 4.82. The molecule has 0 bridgehead atoms. The molecule has 1 heterocycles. The number of carbonyl (C=O) groups is 2. The molecule has 1 aromatic carbocycles. The highest BCUT2D eigenvalue weighted by Gasteiger charge is 2.52. The van der Waals surface area contributed by atoms with Gasteiger partial charge in [0, 0.05) is 24.9 Å². The number of nitrogens with zero attached hydrogens (tertiary/aromatic N) is 2. The molecule has 0 unspecified atom stereocenters. The van der Waals surface area contributed by atoms with E-state index in [2.05, 4.69) is 0 Å². The van der Waals surface area contributed by atoms with Crippen molar-refractivity contribution in [3.63, 3.8) is 0 Å². The van der Waals surface area contributed by atoms with E-state index in [1.54, 1.807) is 37.1 Å². The van der Waals surface area contributed by atoms with Gasteiger partial charge >= 0.3 is 6.09 Å². The van der Waals surface area contributed by atoms with Crippen molar-refractivity contribution in [2.24, 2.45) is 5.41 Å². The maximum atomic E-state index is 13.2. The Morgan fingerprint density at radius 2 is 1.52 bits per heavy atom. The SMILES string of the molecule is COc1cc(C[C@H]2C(=O)N(C)[C@H](C(C)(C)C)N2C(=O)OC(C)(C)C)cc(OC)c1. The minimum absolute atomic E-state index is 0.113. The standard InChI is InChI=1S/C22H34N2O5/c1-21(2,3)19-23(7)18(25)17(24(19)20(26)29-22(4,5)6)12-14-10-15(27-8)13-16(11-14)28-9/h10-11,13,17,19H,12H2,1-9H3/t17-,19-/m0/s1. The maximum Gasteiger partial charge on any atom is 0.412 e. The Morgan fingerprint density at radius 3 is 1.93 bits per heavy atom. The number of hydrogen-bond donors (Lipinski definition) is 0. The Labute approximate surface area is 173 Å². The largest absolute Gasteiger partial charge is 0.497 e. The summed E-state index contributed by atoms with van der Waals surface area (Å²) in [6.45, 7) is 11.5. The predicted octanol–water partition coefficient (Wildman–Crippen LogP) is 3.70. The Kier molecular flexibility index (Phi) is 6.40. The van der Waals surface area contributed by atoms with Crippen LogP contribution in [0, 0.1) is 5.41 Å². The highest BCUT2D eigenvalue weighted by Crippen LogP contribution is 2.36. The Bertz CT molecular complexity index is 741. The smallest absolute Gasteiger partial charge is 0.412 e. The van der Waals surface area contributed by atoms with Gasteiger partial charge in [0.2, 0.25) is 5.91 Å². The molecule has 0 aliphatic carbocycles. The van der Waals surface area contributed by atoms with Gasteiger partial charge in [-0.15, -0.1) is 0 Å². The fourth-order valence-electron chi connectivity index (χ4n) is 3.76. The van der Waals surface area contributed by atoms with Crippen LogP contribution in [-0.4, -0.2) is 60.9 Å². The van der Waals surface area contributed by atoms with E-state index < -0.39 is 23.9 Å². The third-order valence-electron chi connectivity index (χ3n) is 4.82. The number of likely N-dealkylation sites (N-methyl/N-ethyl adjacent to an activating group) is 1. The van der Waals surface area contributed by atoms with Gasteiger partial charge in [-0.3, -0.25) is 9.69 Å². The summed E-state index contributed by atoms with van der Waals surface area (Å²) in [5.41, 5.74) is -0.161. The lowest BCUT2D eigenvalue weighted by Crippen LogP contribution is -2.52. The topological polar surface area (TPSA) is 68.3 Å². The average Bonchev–Trinajstić information content (AvgIpc) is 2.84. The van der Waals surface area contributed by atoms with E-state index in [0.717, 1.165) is 5.56 Å². The number of hydrogen-bond acceptors (Lipinski definition) is 5. The molecule has 162 valence electrons. The number of amides is 2. The zero-order chi connectivity index (χ0) is 22.1. The second-order valence-electron chi connectivity index (χ2n) is 9.52. The number of methoxy groups -OCH3 is 2. The zero-order valence-corrected chi connectivity index (χ0v) is 19.0. The zero-order valence-electron chi connectivity index (χ0n) is 19.0. The first-order valence-corrected chi connectivity index (χ1v) is 9.78. The Morgan fingerprint density at radius 1 is 1.00 bits per heavy atom. The lowest BCUT2D eigenvalue weighted by molar-refractivity contribution is -0.129. The summed E-state index contributed by atoms with van der Waals surface area (Å²) in [6.07, 6.45) is -0.569. The van der Waals surface area contributed by atoms with Crippen LogP contribution in [0.15, 0.2) is 18.2 Å². The van der Waals surface area contributed by atoms with Gasteiger partial charge in [0.05, 0.1) is 14.2 Å². The molecule has 1 aliphatic rings. The monoisotopic (exact) mass is 406 g/mol. The van der Waals surface area contributed by atoms with Gasteiger partial charge in [-0.1, -0.05) is 20.8 Å². The quantitative estimate of drug-likeness (QED) is 0.763. The number of rotatable bonds is 4. The summed E-state index contributed by atoms with van der Waals surface area (Å²) in [4.78, 5) is 29.5. The third kappa shape index (κ3) is 5.14. The van der Waals surface area contributed by atoms with E-state index in [1.807, 2.05) is 53.7 Å². The van der Waals surface area contributed by atoms with Crippen molar-refractivity contribution in [1.82, 2.24) is 9.80 Å². The van der Waals surface area contributed by atoms with Gasteiger partial charge in [-0.25, -0.2) is 4.79 Å². The maximum absolute atomic E-state index is 13.2. The summed E-state index contributed by atoms with van der Waals surface area (Å²) >= 11 is 0. The van der Waals surface area contributed by atoms with Crippen LogP contribution in [0.2, 0.25) is 0 Å². The van der Waals surface area contributed by atoms with Crippen molar-refractivity contribution in [1.29, 1.82) is 0 Å². The lowest BCUT2D eigenvalue weighted by Gasteiger charge is -2.39. The molecule has 0 spiro atoms. The van der Waals surface area contributed by atoms with Crippen LogP contribution in [0.4, 0.5) is 4.79 Å². The summed E-state index contributed by atoms with van der Waals surface area (Å²) in [6, 6.07) is 4.81. The van der Waals surface area contributed by atoms with Crippen LogP contribution in [0.3, 0.4) is 0 Å². The minimum Gasteiger partial charge on any atom is -0.497 e. The second-order valence-corrected chi connectivity index (χ2v) is 9.52. The highest BCUT2D eigenvalue weighted by atomic mass is 16.6. The average molecular weight is 407 g/mol. The van der Waals surface area contributed by atoms with Crippen molar-refractivity contribution in [3.8, 4) is 11.5 Å². The molecule has 2 rings (SSSR count). The molecule has 0 aromatic heterocycles. The number of benzene rings is 1. The van der Waals surface area contributed by atoms with Crippen LogP contribution < -0.4 is 9.47 Å². The van der Waals surface area contributed by atoms with Gasteiger partial charge < -0.3 is 19.1 Å². The molecule has 1 aromatic rings. The molecule has 1 fully saturated rings. The van der Waals surface area contributed by atoms with E-state index in [1.165, 1.54) is 0 Å².